The van der Waals surface area contributed by atoms with Gasteiger partial charge in [0.15, 0.2) is 0 Å². The van der Waals surface area contributed by atoms with Crippen LogP contribution in [0.3, 0.4) is 0 Å². The van der Waals surface area contributed by atoms with Crippen LogP contribution in [0, 0.1) is 0 Å². The zero-order valence-corrected chi connectivity index (χ0v) is 13.2. The van der Waals surface area contributed by atoms with Crippen molar-refractivity contribution in [3.8, 4) is 0 Å². The SMILES string of the molecule is O=C(c1cccc(NCc2ccc(CO)cc2)c1)N1CCCC1. The third kappa shape index (κ3) is 3.90. The summed E-state index contributed by atoms with van der Waals surface area (Å²) in [4.78, 5) is 14.3. The Bertz CT molecular complexity index is 661. The summed E-state index contributed by atoms with van der Waals surface area (Å²) in [5.41, 5.74) is 3.74. The van der Waals surface area contributed by atoms with Gasteiger partial charge in [0.05, 0.1) is 6.61 Å². The van der Waals surface area contributed by atoms with Gasteiger partial charge in [-0.05, 0) is 42.2 Å². The molecule has 1 saturated heterocycles. The summed E-state index contributed by atoms with van der Waals surface area (Å²) in [6.45, 7) is 2.49. The number of hydrogen-bond acceptors (Lipinski definition) is 3. The monoisotopic (exact) mass is 310 g/mol. The molecule has 120 valence electrons. The van der Waals surface area contributed by atoms with E-state index in [9.17, 15) is 4.79 Å². The molecule has 0 radical (unpaired) electrons. The molecule has 1 fully saturated rings. The summed E-state index contributed by atoms with van der Waals surface area (Å²) in [7, 11) is 0. The molecule has 1 aliphatic rings. The van der Waals surface area contributed by atoms with Crippen molar-refractivity contribution >= 4 is 11.6 Å². The number of aliphatic hydroxyl groups is 1. The first kappa shape index (κ1) is 15.6. The quantitative estimate of drug-likeness (QED) is 0.892. The van der Waals surface area contributed by atoms with Gasteiger partial charge in [-0.2, -0.15) is 0 Å². The molecule has 2 N–H and O–H groups in total. The van der Waals surface area contributed by atoms with Crippen LogP contribution in [0.5, 0.6) is 0 Å². The van der Waals surface area contributed by atoms with Gasteiger partial charge in [-0.25, -0.2) is 0 Å². The molecule has 0 unspecified atom stereocenters. The van der Waals surface area contributed by atoms with Gasteiger partial charge in [0, 0.05) is 30.9 Å². The summed E-state index contributed by atoms with van der Waals surface area (Å²) >= 11 is 0. The van der Waals surface area contributed by atoms with Crippen LogP contribution < -0.4 is 5.32 Å². The fraction of sp³-hybridized carbons (Fsp3) is 0.316. The predicted octanol–water partition coefficient (Wildman–Crippen LogP) is 3.03. The van der Waals surface area contributed by atoms with Gasteiger partial charge in [-0.3, -0.25) is 4.79 Å². The second-order valence-corrected chi connectivity index (χ2v) is 5.91. The highest BCUT2D eigenvalue weighted by atomic mass is 16.3. The molecule has 4 heteroatoms. The second-order valence-electron chi connectivity index (χ2n) is 5.91. The van der Waals surface area contributed by atoms with Crippen LogP contribution in [-0.4, -0.2) is 29.0 Å². The van der Waals surface area contributed by atoms with Crippen molar-refractivity contribution in [2.24, 2.45) is 0 Å². The first-order valence-corrected chi connectivity index (χ1v) is 8.08. The lowest BCUT2D eigenvalue weighted by Gasteiger charge is -2.16. The first-order chi connectivity index (χ1) is 11.3. The van der Waals surface area contributed by atoms with E-state index in [0.29, 0.717) is 6.54 Å². The summed E-state index contributed by atoms with van der Waals surface area (Å²) < 4.78 is 0. The fourth-order valence-corrected chi connectivity index (χ4v) is 2.83. The van der Waals surface area contributed by atoms with Gasteiger partial charge in [0.2, 0.25) is 0 Å². The highest BCUT2D eigenvalue weighted by Crippen LogP contribution is 2.17. The predicted molar refractivity (Wildman–Crippen MR) is 91.3 cm³/mol. The third-order valence-corrected chi connectivity index (χ3v) is 4.20. The van der Waals surface area contributed by atoms with Crippen molar-refractivity contribution in [2.45, 2.75) is 26.0 Å². The van der Waals surface area contributed by atoms with Crippen molar-refractivity contribution in [1.29, 1.82) is 0 Å². The maximum Gasteiger partial charge on any atom is 0.253 e. The van der Waals surface area contributed by atoms with Gasteiger partial charge in [0.25, 0.3) is 5.91 Å². The van der Waals surface area contributed by atoms with E-state index in [-0.39, 0.29) is 12.5 Å². The van der Waals surface area contributed by atoms with E-state index in [4.69, 9.17) is 5.11 Å². The minimum Gasteiger partial charge on any atom is -0.392 e. The highest BCUT2D eigenvalue weighted by Gasteiger charge is 2.19. The van der Waals surface area contributed by atoms with Crippen molar-refractivity contribution in [3.63, 3.8) is 0 Å². The number of benzene rings is 2. The number of carbonyl (C=O) groups excluding carboxylic acids is 1. The molecule has 0 aromatic heterocycles. The largest absolute Gasteiger partial charge is 0.392 e. The molecule has 0 saturated carbocycles. The fourth-order valence-electron chi connectivity index (χ4n) is 2.83. The molecule has 0 bridgehead atoms. The average Bonchev–Trinajstić information content (AvgIpc) is 3.14. The molecular weight excluding hydrogens is 288 g/mol. The smallest absolute Gasteiger partial charge is 0.253 e. The maximum absolute atomic E-state index is 12.4. The van der Waals surface area contributed by atoms with Crippen molar-refractivity contribution in [3.05, 3.63) is 65.2 Å². The van der Waals surface area contributed by atoms with Crippen LogP contribution in [-0.2, 0) is 13.2 Å². The van der Waals surface area contributed by atoms with Crippen molar-refractivity contribution < 1.29 is 9.90 Å². The number of nitrogens with one attached hydrogen (secondary N) is 1. The lowest BCUT2D eigenvalue weighted by Crippen LogP contribution is -2.27. The third-order valence-electron chi connectivity index (χ3n) is 4.20. The average molecular weight is 310 g/mol. The molecule has 1 heterocycles. The molecule has 2 aromatic rings. The highest BCUT2D eigenvalue weighted by molar-refractivity contribution is 5.95. The molecule has 1 aliphatic heterocycles. The summed E-state index contributed by atoms with van der Waals surface area (Å²) in [5.74, 6) is 0.124. The van der Waals surface area contributed by atoms with Gasteiger partial charge in [-0.15, -0.1) is 0 Å². The number of anilines is 1. The van der Waals surface area contributed by atoms with E-state index in [1.54, 1.807) is 0 Å². The van der Waals surface area contributed by atoms with E-state index >= 15 is 0 Å². The van der Waals surface area contributed by atoms with Gasteiger partial charge >= 0.3 is 0 Å². The number of amides is 1. The minimum atomic E-state index is 0.0639. The van der Waals surface area contributed by atoms with E-state index in [0.717, 1.165) is 48.3 Å². The van der Waals surface area contributed by atoms with E-state index < -0.39 is 0 Å². The normalized spacial score (nSPS) is 14.0. The van der Waals surface area contributed by atoms with E-state index in [1.165, 1.54) is 0 Å². The first-order valence-electron chi connectivity index (χ1n) is 8.08. The number of carbonyl (C=O) groups is 1. The topological polar surface area (TPSA) is 52.6 Å². The number of likely N-dealkylation sites (tertiary alicyclic amines) is 1. The molecule has 0 aliphatic carbocycles. The van der Waals surface area contributed by atoms with Crippen molar-refractivity contribution in [2.75, 3.05) is 18.4 Å². The lowest BCUT2D eigenvalue weighted by molar-refractivity contribution is 0.0793. The van der Waals surface area contributed by atoms with Gasteiger partial charge < -0.3 is 15.3 Å². The summed E-state index contributed by atoms with van der Waals surface area (Å²) in [5, 5.41) is 12.4. The summed E-state index contributed by atoms with van der Waals surface area (Å²) in [6, 6.07) is 15.5. The van der Waals surface area contributed by atoms with Crippen LogP contribution in [0.4, 0.5) is 5.69 Å². The molecule has 3 rings (SSSR count). The maximum atomic E-state index is 12.4. The molecule has 1 amide bonds. The standard InChI is InChI=1S/C19H22N2O2/c22-14-16-8-6-15(7-9-16)13-20-18-5-3-4-17(12-18)19(23)21-10-1-2-11-21/h3-9,12,20,22H,1-2,10-11,13-14H2. The zero-order valence-electron chi connectivity index (χ0n) is 13.2. The minimum absolute atomic E-state index is 0.0639. The van der Waals surface area contributed by atoms with Crippen LogP contribution in [0.1, 0.15) is 34.3 Å². The van der Waals surface area contributed by atoms with Gasteiger partial charge in [-0.1, -0.05) is 30.3 Å². The van der Waals surface area contributed by atoms with Crippen LogP contribution >= 0.6 is 0 Å². The number of hydrogen-bond donors (Lipinski definition) is 2. The Kier molecular flexibility index (Phi) is 4.93. The second kappa shape index (κ2) is 7.29. The van der Waals surface area contributed by atoms with Crippen LogP contribution in [0.15, 0.2) is 48.5 Å². The Labute approximate surface area is 136 Å². The van der Waals surface area contributed by atoms with Gasteiger partial charge in [0.1, 0.15) is 0 Å². The summed E-state index contributed by atoms with van der Waals surface area (Å²) in [6.07, 6.45) is 2.21. The Balaban J connectivity index is 1.63. The van der Waals surface area contributed by atoms with Crippen molar-refractivity contribution in [1.82, 2.24) is 4.90 Å². The van der Waals surface area contributed by atoms with Crippen LogP contribution in [0.25, 0.3) is 0 Å². The van der Waals surface area contributed by atoms with E-state index in [2.05, 4.69) is 5.32 Å². The zero-order chi connectivity index (χ0) is 16.1. The Morgan fingerprint density at radius 3 is 2.43 bits per heavy atom. The molecular formula is C19H22N2O2. The lowest BCUT2D eigenvalue weighted by atomic mass is 10.1. The molecule has 2 aromatic carbocycles. The van der Waals surface area contributed by atoms with E-state index in [1.807, 2.05) is 53.4 Å². The molecule has 4 nitrogen and oxygen atoms in total. The van der Waals surface area contributed by atoms with Crippen LogP contribution in [0.2, 0.25) is 0 Å². The Morgan fingerprint density at radius 2 is 1.74 bits per heavy atom. The number of aliphatic hydroxyl groups excluding tert-OH is 1. The number of rotatable bonds is 5. The molecule has 0 atom stereocenters. The Hall–Kier alpha value is -2.33. The Morgan fingerprint density at radius 1 is 1.04 bits per heavy atom. The molecule has 23 heavy (non-hydrogen) atoms. The molecule has 0 spiro atoms. The number of nitrogens with zero attached hydrogens (tertiary/aromatic N) is 1.